The average molecular weight is 196 g/mol. The number of fused-ring (bicyclic) bond motifs is 1. The van der Waals surface area contributed by atoms with Crippen molar-refractivity contribution in [3.63, 3.8) is 0 Å². The first kappa shape index (κ1) is 9.11. The zero-order chi connectivity index (χ0) is 10.3. The van der Waals surface area contributed by atoms with Gasteiger partial charge in [-0.2, -0.15) is 5.06 Å². The van der Waals surface area contributed by atoms with Crippen LogP contribution >= 0.6 is 0 Å². The highest BCUT2D eigenvalue weighted by atomic mass is 19.1. The van der Waals surface area contributed by atoms with Gasteiger partial charge in [0.1, 0.15) is 5.82 Å². The minimum absolute atomic E-state index is 0.253. The first-order chi connectivity index (χ1) is 6.59. The van der Waals surface area contributed by atoms with Crippen LogP contribution in [0.3, 0.4) is 0 Å². The highest BCUT2D eigenvalue weighted by Crippen LogP contribution is 2.26. The van der Waals surface area contributed by atoms with E-state index in [4.69, 9.17) is 5.73 Å². The van der Waals surface area contributed by atoms with Crippen molar-refractivity contribution in [2.45, 2.75) is 12.5 Å². The Labute approximate surface area is 79.7 Å². The van der Waals surface area contributed by atoms with Crippen LogP contribution in [0.25, 0.3) is 0 Å². The zero-order valence-electron chi connectivity index (χ0n) is 7.27. The summed E-state index contributed by atoms with van der Waals surface area (Å²) in [4.78, 5) is 11.2. The maximum absolute atomic E-state index is 12.8. The van der Waals surface area contributed by atoms with E-state index in [0.717, 1.165) is 0 Å². The van der Waals surface area contributed by atoms with Crippen LogP contribution in [0.4, 0.5) is 10.1 Å². The summed E-state index contributed by atoms with van der Waals surface area (Å²) in [5.41, 5.74) is 6.31. The smallest absolute Gasteiger partial charge is 0.267 e. The van der Waals surface area contributed by atoms with Crippen molar-refractivity contribution < 1.29 is 14.4 Å². The number of hydrogen-bond donors (Lipinski definition) is 2. The first-order valence-electron chi connectivity index (χ1n) is 4.16. The number of benzene rings is 1. The number of hydrogen-bond acceptors (Lipinski definition) is 3. The molecule has 0 spiro atoms. The van der Waals surface area contributed by atoms with Gasteiger partial charge in [-0.05, 0) is 30.2 Å². The van der Waals surface area contributed by atoms with E-state index >= 15 is 0 Å². The van der Waals surface area contributed by atoms with Crippen LogP contribution in [0, 0.1) is 5.82 Å². The largest absolute Gasteiger partial charge is 0.320 e. The van der Waals surface area contributed by atoms with Crippen molar-refractivity contribution in [3.05, 3.63) is 29.6 Å². The lowest BCUT2D eigenvalue weighted by molar-refractivity contribution is -0.125. The molecule has 0 saturated heterocycles. The molecule has 0 aliphatic carbocycles. The number of anilines is 1. The second-order valence-electron chi connectivity index (χ2n) is 3.23. The third-order valence-corrected chi connectivity index (χ3v) is 2.24. The quantitative estimate of drug-likeness (QED) is 0.591. The molecule has 2 rings (SSSR count). The van der Waals surface area contributed by atoms with E-state index in [1.54, 1.807) is 0 Å². The fourth-order valence-corrected chi connectivity index (χ4v) is 1.52. The van der Waals surface area contributed by atoms with Gasteiger partial charge in [-0.15, -0.1) is 0 Å². The van der Waals surface area contributed by atoms with Crippen molar-refractivity contribution in [2.24, 2.45) is 5.73 Å². The summed E-state index contributed by atoms with van der Waals surface area (Å²) in [6.07, 6.45) is 0.253. The number of carbonyl (C=O) groups excluding carboxylic acids is 1. The summed E-state index contributed by atoms with van der Waals surface area (Å²) < 4.78 is 12.8. The second kappa shape index (κ2) is 3.04. The molecule has 1 atom stereocenters. The standard InChI is InChI=1S/C9H9FN2O2/c10-6-1-2-8-5(3-6)4-7(11)9(13)12(8)14/h1-3,7,14H,4,11H2/t7-/m1/s1. The molecule has 1 aliphatic rings. The molecule has 1 aromatic carbocycles. The van der Waals surface area contributed by atoms with Crippen LogP contribution in [0.1, 0.15) is 5.56 Å². The lowest BCUT2D eigenvalue weighted by atomic mass is 9.99. The van der Waals surface area contributed by atoms with Crippen LogP contribution in [0.5, 0.6) is 0 Å². The summed E-state index contributed by atoms with van der Waals surface area (Å²) in [6, 6.07) is 3.01. The minimum Gasteiger partial charge on any atom is -0.320 e. The Morgan fingerprint density at radius 3 is 3.00 bits per heavy atom. The van der Waals surface area contributed by atoms with Crippen molar-refractivity contribution in [1.82, 2.24) is 0 Å². The molecule has 1 heterocycles. The lowest BCUT2D eigenvalue weighted by Gasteiger charge is -2.27. The summed E-state index contributed by atoms with van der Waals surface area (Å²) >= 11 is 0. The molecular formula is C9H9FN2O2. The van der Waals surface area contributed by atoms with Gasteiger partial charge in [-0.1, -0.05) is 0 Å². The fourth-order valence-electron chi connectivity index (χ4n) is 1.52. The van der Waals surface area contributed by atoms with Crippen molar-refractivity contribution in [1.29, 1.82) is 0 Å². The Balaban J connectivity index is 2.50. The fraction of sp³-hybridized carbons (Fsp3) is 0.222. The topological polar surface area (TPSA) is 66.6 Å². The van der Waals surface area contributed by atoms with Gasteiger partial charge in [0, 0.05) is 0 Å². The molecule has 1 amide bonds. The van der Waals surface area contributed by atoms with E-state index < -0.39 is 17.8 Å². The van der Waals surface area contributed by atoms with Crippen molar-refractivity contribution in [3.8, 4) is 0 Å². The lowest BCUT2D eigenvalue weighted by Crippen LogP contribution is -2.47. The van der Waals surface area contributed by atoms with Gasteiger partial charge in [0.15, 0.2) is 0 Å². The van der Waals surface area contributed by atoms with E-state index in [2.05, 4.69) is 0 Å². The molecule has 4 nitrogen and oxygen atoms in total. The zero-order valence-corrected chi connectivity index (χ0v) is 7.27. The monoisotopic (exact) mass is 196 g/mol. The molecule has 14 heavy (non-hydrogen) atoms. The number of halogens is 1. The number of carbonyl (C=O) groups is 1. The predicted molar refractivity (Wildman–Crippen MR) is 47.4 cm³/mol. The van der Waals surface area contributed by atoms with E-state index in [1.165, 1.54) is 18.2 Å². The van der Waals surface area contributed by atoms with Gasteiger partial charge in [-0.3, -0.25) is 10.0 Å². The van der Waals surface area contributed by atoms with Gasteiger partial charge in [0.2, 0.25) is 0 Å². The van der Waals surface area contributed by atoms with E-state index in [1.807, 2.05) is 0 Å². The number of nitrogens with two attached hydrogens (primary N) is 1. The third kappa shape index (κ3) is 1.26. The molecule has 0 fully saturated rings. The average Bonchev–Trinajstić information content (AvgIpc) is 2.14. The molecule has 3 N–H and O–H groups in total. The molecule has 1 aromatic rings. The summed E-state index contributed by atoms with van der Waals surface area (Å²) in [5, 5.41) is 9.85. The van der Waals surface area contributed by atoms with Gasteiger partial charge in [0.05, 0.1) is 11.7 Å². The predicted octanol–water partition coefficient (Wildman–Crippen LogP) is 0.431. The molecule has 0 bridgehead atoms. The number of nitrogens with zero attached hydrogens (tertiary/aromatic N) is 1. The van der Waals surface area contributed by atoms with Crippen LogP contribution < -0.4 is 10.8 Å². The first-order valence-corrected chi connectivity index (χ1v) is 4.16. The summed E-state index contributed by atoms with van der Waals surface area (Å²) in [7, 11) is 0. The van der Waals surface area contributed by atoms with Crippen molar-refractivity contribution >= 4 is 11.6 Å². The van der Waals surface area contributed by atoms with Crippen molar-refractivity contribution in [2.75, 3.05) is 5.06 Å². The van der Waals surface area contributed by atoms with Crippen LogP contribution in [-0.4, -0.2) is 17.2 Å². The second-order valence-corrected chi connectivity index (χ2v) is 3.23. The Morgan fingerprint density at radius 2 is 2.29 bits per heavy atom. The van der Waals surface area contributed by atoms with Gasteiger partial charge in [-0.25, -0.2) is 4.39 Å². The molecule has 5 heteroatoms. The molecule has 74 valence electrons. The Bertz CT molecular complexity index is 394. The molecule has 0 unspecified atom stereocenters. The Kier molecular flexibility index (Phi) is 1.98. The number of amides is 1. The highest BCUT2D eigenvalue weighted by Gasteiger charge is 2.29. The highest BCUT2D eigenvalue weighted by molar-refractivity contribution is 5.97. The number of hydroxylamine groups is 1. The van der Waals surface area contributed by atoms with E-state index in [0.29, 0.717) is 16.3 Å². The normalized spacial score (nSPS) is 20.9. The molecule has 0 saturated carbocycles. The summed E-state index contributed by atoms with van der Waals surface area (Å²) in [6.45, 7) is 0. The van der Waals surface area contributed by atoms with E-state index in [-0.39, 0.29) is 6.42 Å². The number of rotatable bonds is 0. The third-order valence-electron chi connectivity index (χ3n) is 2.24. The molecule has 1 aliphatic heterocycles. The maximum Gasteiger partial charge on any atom is 0.267 e. The van der Waals surface area contributed by atoms with Crippen LogP contribution in [-0.2, 0) is 11.2 Å². The SMILES string of the molecule is N[C@@H]1Cc2cc(F)ccc2N(O)C1=O. The Morgan fingerprint density at radius 1 is 1.57 bits per heavy atom. The maximum atomic E-state index is 12.8. The summed E-state index contributed by atoms with van der Waals surface area (Å²) in [5.74, 6) is -0.970. The van der Waals surface area contributed by atoms with Gasteiger partial charge in [0.25, 0.3) is 5.91 Å². The minimum atomic E-state index is -0.797. The van der Waals surface area contributed by atoms with Crippen LogP contribution in [0.15, 0.2) is 18.2 Å². The van der Waals surface area contributed by atoms with Gasteiger partial charge < -0.3 is 5.73 Å². The molecule has 0 aromatic heterocycles. The van der Waals surface area contributed by atoms with Gasteiger partial charge >= 0.3 is 0 Å². The van der Waals surface area contributed by atoms with Crippen LogP contribution in [0.2, 0.25) is 0 Å². The van der Waals surface area contributed by atoms with E-state index in [9.17, 15) is 14.4 Å². The molecule has 0 radical (unpaired) electrons. The Hall–Kier alpha value is -1.46. The molecular weight excluding hydrogens is 187 g/mol.